The van der Waals surface area contributed by atoms with E-state index in [1.807, 2.05) is 0 Å². The molecule has 1 aliphatic heterocycles. The van der Waals surface area contributed by atoms with Crippen LogP contribution in [0.3, 0.4) is 0 Å². The first-order valence-electron chi connectivity index (χ1n) is 9.10. The SMILES string of the molecule is CC(C)(C)[S+]([O-])NC(CF)(CS1(O)NCCC[C@]1(C)C#N)c1nc(Br)ccc1F. The molecule has 0 aromatic carbocycles. The van der Waals surface area contributed by atoms with Crippen molar-refractivity contribution in [1.29, 1.82) is 5.26 Å². The summed E-state index contributed by atoms with van der Waals surface area (Å²) in [5, 5.41) is 9.74. The summed E-state index contributed by atoms with van der Waals surface area (Å²) in [5.74, 6) is -1.15. The molecule has 164 valence electrons. The Morgan fingerprint density at radius 2 is 2.17 bits per heavy atom. The van der Waals surface area contributed by atoms with E-state index < -0.39 is 49.4 Å². The molecule has 0 bridgehead atoms. The molecule has 0 saturated carbocycles. The van der Waals surface area contributed by atoms with Crippen LogP contribution in [-0.2, 0) is 16.9 Å². The van der Waals surface area contributed by atoms with Gasteiger partial charge in [-0.15, -0.1) is 4.72 Å². The van der Waals surface area contributed by atoms with Crippen molar-refractivity contribution in [2.75, 3.05) is 19.0 Å². The molecule has 3 N–H and O–H groups in total. The summed E-state index contributed by atoms with van der Waals surface area (Å²) in [4.78, 5) is 4.12. The van der Waals surface area contributed by atoms with Gasteiger partial charge in [-0.3, -0.25) is 4.72 Å². The lowest BCUT2D eigenvalue weighted by atomic mass is 9.99. The van der Waals surface area contributed by atoms with Gasteiger partial charge in [-0.25, -0.2) is 13.8 Å². The predicted octanol–water partition coefficient (Wildman–Crippen LogP) is 4.06. The molecule has 1 aromatic rings. The molecule has 0 aliphatic carbocycles. The summed E-state index contributed by atoms with van der Waals surface area (Å²) in [7, 11) is -2.94. The lowest BCUT2D eigenvalue weighted by molar-refractivity contribution is 0.288. The predicted molar refractivity (Wildman–Crippen MR) is 117 cm³/mol. The van der Waals surface area contributed by atoms with Crippen LogP contribution >= 0.6 is 26.4 Å². The second-order valence-corrected chi connectivity index (χ2v) is 14.0. The van der Waals surface area contributed by atoms with Crippen LogP contribution in [0.4, 0.5) is 8.78 Å². The maximum Gasteiger partial charge on any atom is 0.147 e. The fourth-order valence-electron chi connectivity index (χ4n) is 3.05. The average Bonchev–Trinajstić information content (AvgIpc) is 2.65. The molecule has 2 heterocycles. The molecule has 0 amide bonds. The molecule has 11 heteroatoms. The highest BCUT2D eigenvalue weighted by atomic mass is 79.9. The second-order valence-electron chi connectivity index (χ2n) is 8.35. The quantitative estimate of drug-likeness (QED) is 0.392. The van der Waals surface area contributed by atoms with Crippen LogP contribution in [-0.4, -0.2) is 42.6 Å². The molecule has 2 rings (SSSR count). The number of halogens is 3. The summed E-state index contributed by atoms with van der Waals surface area (Å²) in [6.45, 7) is 5.98. The van der Waals surface area contributed by atoms with E-state index in [0.717, 1.165) is 6.07 Å². The number of hydrogen-bond donors (Lipinski definition) is 3. The van der Waals surface area contributed by atoms with E-state index in [1.54, 1.807) is 27.7 Å². The van der Waals surface area contributed by atoms with Gasteiger partial charge in [-0.05, 0) is 68.6 Å². The van der Waals surface area contributed by atoms with Crippen LogP contribution in [0, 0.1) is 17.1 Å². The minimum Gasteiger partial charge on any atom is -0.598 e. The summed E-state index contributed by atoms with van der Waals surface area (Å²) in [6, 6.07) is 4.67. The van der Waals surface area contributed by atoms with Crippen molar-refractivity contribution >= 4 is 37.8 Å². The normalized spacial score (nSPS) is 30.6. The maximum atomic E-state index is 14.8. The van der Waals surface area contributed by atoms with Crippen molar-refractivity contribution < 1.29 is 17.9 Å². The van der Waals surface area contributed by atoms with Crippen LogP contribution in [0.1, 0.15) is 46.2 Å². The van der Waals surface area contributed by atoms with Crippen LogP contribution in [0.25, 0.3) is 0 Å². The molecule has 1 saturated heterocycles. The maximum absolute atomic E-state index is 14.8. The van der Waals surface area contributed by atoms with E-state index in [1.165, 1.54) is 6.07 Å². The third kappa shape index (κ3) is 5.06. The van der Waals surface area contributed by atoms with E-state index in [0.29, 0.717) is 19.4 Å². The number of rotatable bonds is 6. The average molecular weight is 513 g/mol. The highest BCUT2D eigenvalue weighted by Gasteiger charge is 2.54. The highest BCUT2D eigenvalue weighted by molar-refractivity contribution is 9.10. The minimum absolute atomic E-state index is 0.275. The van der Waals surface area contributed by atoms with Crippen molar-refractivity contribution in [2.45, 2.75) is 55.6 Å². The van der Waals surface area contributed by atoms with E-state index >= 15 is 0 Å². The van der Waals surface area contributed by atoms with Crippen LogP contribution in [0.2, 0.25) is 0 Å². The minimum atomic E-state index is -2.94. The lowest BCUT2D eigenvalue weighted by Crippen LogP contribution is -2.59. The van der Waals surface area contributed by atoms with Gasteiger partial charge in [-0.2, -0.15) is 5.26 Å². The van der Waals surface area contributed by atoms with Gasteiger partial charge in [0.2, 0.25) is 0 Å². The second kappa shape index (κ2) is 8.94. The monoisotopic (exact) mass is 512 g/mol. The van der Waals surface area contributed by atoms with Crippen molar-refractivity contribution in [3.05, 3.63) is 28.2 Å². The van der Waals surface area contributed by atoms with Crippen LogP contribution < -0.4 is 9.44 Å². The Bertz CT molecular complexity index is 794. The molecule has 0 spiro atoms. The largest absolute Gasteiger partial charge is 0.598 e. The van der Waals surface area contributed by atoms with Gasteiger partial charge in [0.1, 0.15) is 37.8 Å². The van der Waals surface area contributed by atoms with E-state index in [9.17, 15) is 23.1 Å². The molecule has 6 nitrogen and oxygen atoms in total. The summed E-state index contributed by atoms with van der Waals surface area (Å²) in [6.07, 6.45) is 1.09. The Balaban J connectivity index is 2.63. The number of aromatic nitrogens is 1. The number of pyridine rings is 1. The Labute approximate surface area is 184 Å². The summed E-state index contributed by atoms with van der Waals surface area (Å²) >= 11 is 1.38. The van der Waals surface area contributed by atoms with E-state index in [4.69, 9.17) is 0 Å². The zero-order valence-corrected chi connectivity index (χ0v) is 20.1. The van der Waals surface area contributed by atoms with Gasteiger partial charge < -0.3 is 9.11 Å². The highest BCUT2D eigenvalue weighted by Crippen LogP contribution is 2.59. The van der Waals surface area contributed by atoms with Gasteiger partial charge in [0.15, 0.2) is 0 Å². The first-order chi connectivity index (χ1) is 13.3. The number of nitrogens with zero attached hydrogens (tertiary/aromatic N) is 2. The van der Waals surface area contributed by atoms with Gasteiger partial charge in [-0.1, -0.05) is 10.5 Å². The van der Waals surface area contributed by atoms with Crippen molar-refractivity contribution in [1.82, 2.24) is 14.4 Å². The standard InChI is InChI=1S/C18H27BrF2N4O2S2/c1-16(2,3)28(26)25-18(10-20,15-13(21)6-7-14(19)24-15)12-29(27)17(4,11-22)8-5-9-23-29/h6-7,23,25,27H,5,8-10,12H2,1-4H3/t17-,18?,28?/m1/s1. The zero-order valence-electron chi connectivity index (χ0n) is 16.9. The number of nitrogens with one attached hydrogen (secondary N) is 2. The summed E-state index contributed by atoms with van der Waals surface area (Å²) in [5.41, 5.74) is -2.18. The first kappa shape index (κ1) is 24.8. The number of nitriles is 1. The molecule has 1 aromatic heterocycles. The Morgan fingerprint density at radius 3 is 2.72 bits per heavy atom. The Hall–Kier alpha value is -0.480. The Morgan fingerprint density at radius 1 is 1.52 bits per heavy atom. The molecule has 4 atom stereocenters. The van der Waals surface area contributed by atoms with Gasteiger partial charge in [0, 0.05) is 23.7 Å². The third-order valence-corrected chi connectivity index (χ3v) is 10.5. The fourth-order valence-corrected chi connectivity index (χ4v) is 7.19. The molecule has 1 fully saturated rings. The Kier molecular flexibility index (Phi) is 7.64. The molecular weight excluding hydrogens is 486 g/mol. The van der Waals surface area contributed by atoms with Crippen LogP contribution in [0.5, 0.6) is 0 Å². The number of hydrogen-bond acceptors (Lipinski definition) is 6. The fraction of sp³-hybridized carbons (Fsp3) is 0.667. The molecule has 29 heavy (non-hydrogen) atoms. The number of alkyl halides is 1. The van der Waals surface area contributed by atoms with Crippen molar-refractivity contribution in [2.24, 2.45) is 0 Å². The van der Waals surface area contributed by atoms with Gasteiger partial charge >= 0.3 is 0 Å². The summed E-state index contributed by atoms with van der Waals surface area (Å²) < 4.78 is 57.9. The van der Waals surface area contributed by atoms with Gasteiger partial charge in [0.25, 0.3) is 0 Å². The third-order valence-electron chi connectivity index (χ3n) is 4.95. The zero-order chi connectivity index (χ0) is 22.1. The van der Waals surface area contributed by atoms with Crippen molar-refractivity contribution in [3.63, 3.8) is 0 Å². The molecule has 1 aliphatic rings. The molecular formula is C18H27BrF2N4O2S2. The lowest BCUT2D eigenvalue weighted by Gasteiger charge is -2.52. The first-order valence-corrected chi connectivity index (χ1v) is 12.8. The smallest absolute Gasteiger partial charge is 0.147 e. The topological polar surface area (TPSA) is 104 Å². The van der Waals surface area contributed by atoms with E-state index in [-0.39, 0.29) is 16.0 Å². The molecule has 0 radical (unpaired) electrons. The molecule has 3 unspecified atom stereocenters. The van der Waals surface area contributed by atoms with Crippen LogP contribution in [0.15, 0.2) is 16.7 Å². The van der Waals surface area contributed by atoms with Crippen molar-refractivity contribution in [3.8, 4) is 6.07 Å². The van der Waals surface area contributed by atoms with Gasteiger partial charge in [0.05, 0.1) is 6.07 Å². The van der Waals surface area contributed by atoms with E-state index in [2.05, 4.69) is 36.4 Å².